The van der Waals surface area contributed by atoms with Crippen LogP contribution in [0.25, 0.3) is 0 Å². The molecule has 0 saturated heterocycles. The minimum absolute atomic E-state index is 0.0766. The molecule has 0 spiro atoms. The molecule has 0 saturated carbocycles. The van der Waals surface area contributed by atoms with Crippen LogP contribution >= 0.6 is 0 Å². The highest BCUT2D eigenvalue weighted by molar-refractivity contribution is 6.70. The van der Waals surface area contributed by atoms with E-state index in [1.807, 2.05) is 39.3 Å². The lowest BCUT2D eigenvalue weighted by Gasteiger charge is -2.29. The maximum Gasteiger partial charge on any atom is 0.179 e. The first-order valence-electron chi connectivity index (χ1n) is 5.28. The smallest absolute Gasteiger partial charge is 0.179 e. The lowest BCUT2D eigenvalue weighted by Crippen LogP contribution is -2.35. The SMILES string of the molecule is C[Si](C)(C)OC[C-](CO[Si](C)(C)C)[N+](=O)[O-]. The second kappa shape index (κ2) is 5.80. The van der Waals surface area contributed by atoms with Crippen LogP contribution in [0, 0.1) is 16.2 Å². The second-order valence-electron chi connectivity index (χ2n) is 5.63. The molecule has 0 rings (SSSR count). The molecule has 0 aliphatic rings. The molecule has 0 aromatic rings. The fourth-order valence-corrected chi connectivity index (χ4v) is 1.95. The molecule has 0 bridgehead atoms. The number of hydrogen-bond donors (Lipinski definition) is 0. The van der Waals surface area contributed by atoms with Gasteiger partial charge in [-0.1, -0.05) is 0 Å². The van der Waals surface area contributed by atoms with Gasteiger partial charge in [-0.05, 0) is 52.5 Å². The Labute approximate surface area is 99.5 Å². The molecule has 0 aromatic heterocycles. The third kappa shape index (κ3) is 8.89. The highest BCUT2D eigenvalue weighted by Gasteiger charge is 2.19. The Balaban J connectivity index is 4.15. The molecule has 0 aromatic carbocycles. The Kier molecular flexibility index (Phi) is 5.67. The van der Waals surface area contributed by atoms with Crippen molar-refractivity contribution in [2.24, 2.45) is 0 Å². The van der Waals surface area contributed by atoms with Gasteiger partial charge in [0.15, 0.2) is 16.6 Å². The van der Waals surface area contributed by atoms with E-state index in [4.69, 9.17) is 8.85 Å². The topological polar surface area (TPSA) is 61.6 Å². The Morgan fingerprint density at radius 3 is 1.50 bits per heavy atom. The summed E-state index contributed by atoms with van der Waals surface area (Å²) in [6.07, 6.45) is 0. The van der Waals surface area contributed by atoms with E-state index in [9.17, 15) is 10.1 Å². The van der Waals surface area contributed by atoms with Crippen LogP contribution in [0.1, 0.15) is 0 Å². The maximum atomic E-state index is 10.8. The van der Waals surface area contributed by atoms with Gasteiger partial charge in [-0.25, -0.2) is 0 Å². The summed E-state index contributed by atoms with van der Waals surface area (Å²) in [6, 6.07) is 0.116. The molecule has 0 amide bonds. The zero-order valence-electron chi connectivity index (χ0n) is 11.0. The van der Waals surface area contributed by atoms with Crippen molar-refractivity contribution in [2.45, 2.75) is 39.3 Å². The van der Waals surface area contributed by atoms with Gasteiger partial charge in [-0.15, -0.1) is 4.92 Å². The summed E-state index contributed by atoms with van der Waals surface area (Å²) >= 11 is 0. The van der Waals surface area contributed by atoms with Gasteiger partial charge in [0.1, 0.15) is 0 Å². The molecule has 0 atom stereocenters. The van der Waals surface area contributed by atoms with Crippen molar-refractivity contribution in [3.63, 3.8) is 0 Å². The largest absolute Gasteiger partial charge is 0.440 e. The quantitative estimate of drug-likeness (QED) is 0.307. The lowest BCUT2D eigenvalue weighted by molar-refractivity contribution is -0.473. The lowest BCUT2D eigenvalue weighted by atomic mass is 10.4. The van der Waals surface area contributed by atoms with Gasteiger partial charge >= 0.3 is 0 Å². The molecule has 0 radical (unpaired) electrons. The summed E-state index contributed by atoms with van der Waals surface area (Å²) in [5.74, 6) is 0. The van der Waals surface area contributed by atoms with Crippen LogP contribution in [0.15, 0.2) is 0 Å². The second-order valence-corrected chi connectivity index (χ2v) is 14.7. The van der Waals surface area contributed by atoms with Gasteiger partial charge in [0.05, 0.1) is 0 Å². The average Bonchev–Trinajstić information content (AvgIpc) is 1.98. The van der Waals surface area contributed by atoms with Crippen LogP contribution in [0.2, 0.25) is 39.3 Å². The van der Waals surface area contributed by atoms with Crippen molar-refractivity contribution in [2.75, 3.05) is 13.2 Å². The predicted octanol–water partition coefficient (Wildman–Crippen LogP) is 2.50. The third-order valence-electron chi connectivity index (χ3n) is 1.60. The van der Waals surface area contributed by atoms with Crippen LogP contribution in [0.3, 0.4) is 0 Å². The first-order valence-corrected chi connectivity index (χ1v) is 12.1. The zero-order valence-corrected chi connectivity index (χ0v) is 13.0. The summed E-state index contributed by atoms with van der Waals surface area (Å²) in [7, 11) is -3.42. The normalized spacial score (nSPS) is 12.6. The number of rotatable bonds is 7. The Bertz CT molecular complexity index is 217. The average molecular weight is 264 g/mol. The summed E-state index contributed by atoms with van der Waals surface area (Å²) in [6.45, 7) is 12.2. The molecule has 0 N–H and O–H groups in total. The maximum absolute atomic E-state index is 10.8. The van der Waals surface area contributed by atoms with E-state index in [0.717, 1.165) is 0 Å². The van der Waals surface area contributed by atoms with E-state index in [-0.39, 0.29) is 24.2 Å². The summed E-state index contributed by atoms with van der Waals surface area (Å²) < 4.78 is 11.0. The van der Waals surface area contributed by atoms with Gasteiger partial charge in [-0.3, -0.25) is 10.1 Å². The van der Waals surface area contributed by atoms with E-state index in [1.165, 1.54) is 0 Å². The first kappa shape index (κ1) is 15.6. The van der Waals surface area contributed by atoms with Crippen LogP contribution < -0.4 is 0 Å². The molecule has 16 heavy (non-hydrogen) atoms. The van der Waals surface area contributed by atoms with E-state index < -0.39 is 16.6 Å². The predicted molar refractivity (Wildman–Crippen MR) is 68.8 cm³/mol. The minimum Gasteiger partial charge on any atom is -0.440 e. The van der Waals surface area contributed by atoms with Gasteiger partial charge in [0.2, 0.25) is 0 Å². The van der Waals surface area contributed by atoms with Crippen molar-refractivity contribution in [3.05, 3.63) is 16.2 Å². The molecule has 0 unspecified atom stereocenters. The van der Waals surface area contributed by atoms with Crippen LogP contribution in [0.5, 0.6) is 0 Å². The van der Waals surface area contributed by atoms with Crippen molar-refractivity contribution in [3.8, 4) is 0 Å². The molecule has 5 nitrogen and oxygen atoms in total. The van der Waals surface area contributed by atoms with E-state index in [0.29, 0.717) is 0 Å². The Hall–Kier alpha value is -0.376. The van der Waals surface area contributed by atoms with Crippen molar-refractivity contribution in [1.82, 2.24) is 0 Å². The monoisotopic (exact) mass is 264 g/mol. The fourth-order valence-electron chi connectivity index (χ4n) is 0.747. The molecule has 7 heteroatoms. The van der Waals surface area contributed by atoms with Crippen molar-refractivity contribution < 1.29 is 13.8 Å². The van der Waals surface area contributed by atoms with Gasteiger partial charge < -0.3 is 8.85 Å². The fraction of sp³-hybridized carbons (Fsp3) is 0.889. The van der Waals surface area contributed by atoms with E-state index in [2.05, 4.69) is 0 Å². The van der Waals surface area contributed by atoms with Gasteiger partial charge in [-0.2, -0.15) is 0 Å². The Morgan fingerprint density at radius 1 is 1.00 bits per heavy atom. The minimum atomic E-state index is -1.71. The number of nitro groups is 1. The van der Waals surface area contributed by atoms with Gasteiger partial charge in [0, 0.05) is 6.04 Å². The van der Waals surface area contributed by atoms with E-state index in [1.54, 1.807) is 0 Å². The highest BCUT2D eigenvalue weighted by atomic mass is 28.4. The standard InChI is InChI=1S/C9H22NO4Si2/c1-15(2,3)13-7-9(10(11)12)8-14-16(4,5)6/h7-8H2,1-6H3/q-1. The molecule has 0 aliphatic heterocycles. The molecule has 0 heterocycles. The number of nitrogens with zero attached hydrogens (tertiary/aromatic N) is 1. The van der Waals surface area contributed by atoms with Gasteiger partial charge in [0.25, 0.3) is 0 Å². The molecular weight excluding hydrogens is 242 g/mol. The van der Waals surface area contributed by atoms with Crippen LogP contribution in [-0.2, 0) is 8.85 Å². The van der Waals surface area contributed by atoms with Crippen LogP contribution in [0.4, 0.5) is 0 Å². The number of hydrogen-bond acceptors (Lipinski definition) is 4. The van der Waals surface area contributed by atoms with Crippen molar-refractivity contribution >= 4 is 16.6 Å². The van der Waals surface area contributed by atoms with E-state index >= 15 is 0 Å². The third-order valence-corrected chi connectivity index (χ3v) is 3.62. The summed E-state index contributed by atoms with van der Waals surface area (Å²) in [5, 5.41) is 10.8. The molecular formula is C9H22NO4Si2-. The zero-order chi connectivity index (χ0) is 13.0. The molecule has 0 fully saturated rings. The molecule has 96 valence electrons. The summed E-state index contributed by atoms with van der Waals surface area (Å²) in [5.41, 5.74) is 0. The Morgan fingerprint density at radius 2 is 1.31 bits per heavy atom. The van der Waals surface area contributed by atoms with Crippen LogP contribution in [-0.4, -0.2) is 34.8 Å². The highest BCUT2D eigenvalue weighted by Crippen LogP contribution is 2.12. The molecule has 0 aliphatic carbocycles. The first-order chi connectivity index (χ1) is 7.01. The summed E-state index contributed by atoms with van der Waals surface area (Å²) in [4.78, 5) is 10.4. The van der Waals surface area contributed by atoms with Crippen molar-refractivity contribution in [1.29, 1.82) is 0 Å².